The molecule has 0 fully saturated rings. The molecule has 4 heteroatoms. The van der Waals surface area contributed by atoms with Gasteiger partial charge in [-0.05, 0) is 23.8 Å². The molecule has 2 aromatic heterocycles. The molecular formula is C13H11N2O2+. The summed E-state index contributed by atoms with van der Waals surface area (Å²) in [5, 5.41) is 9.03. The van der Waals surface area contributed by atoms with E-state index in [2.05, 4.69) is 4.98 Å². The molecule has 17 heavy (non-hydrogen) atoms. The van der Waals surface area contributed by atoms with Crippen molar-refractivity contribution in [3.63, 3.8) is 0 Å². The van der Waals surface area contributed by atoms with Crippen LogP contribution in [0.4, 0.5) is 0 Å². The number of ketones is 1. The van der Waals surface area contributed by atoms with Gasteiger partial charge in [-0.1, -0.05) is 6.08 Å². The lowest BCUT2D eigenvalue weighted by Crippen LogP contribution is -2.27. The average Bonchev–Trinajstić information content (AvgIpc) is 2.39. The Morgan fingerprint density at radius 2 is 2.06 bits per heavy atom. The van der Waals surface area contributed by atoms with Crippen molar-refractivity contribution in [3.8, 4) is 0 Å². The van der Waals surface area contributed by atoms with Gasteiger partial charge in [-0.3, -0.25) is 15.0 Å². The Labute approximate surface area is 98.5 Å². The summed E-state index contributed by atoms with van der Waals surface area (Å²) in [4.78, 5) is 15.6. The molecule has 0 amide bonds. The predicted octanol–water partition coefficient (Wildman–Crippen LogP) is 1.50. The van der Waals surface area contributed by atoms with Crippen LogP contribution in [0.25, 0.3) is 6.08 Å². The minimum absolute atomic E-state index is 0.0983. The molecule has 2 rings (SSSR count). The summed E-state index contributed by atoms with van der Waals surface area (Å²) < 4.78 is 0.945. The molecule has 1 N–H and O–H groups in total. The highest BCUT2D eigenvalue weighted by Gasteiger charge is 2.00. The first kappa shape index (κ1) is 11.0. The van der Waals surface area contributed by atoms with Crippen LogP contribution in [0.5, 0.6) is 0 Å². The first-order chi connectivity index (χ1) is 8.25. The van der Waals surface area contributed by atoms with Crippen LogP contribution >= 0.6 is 0 Å². The molecule has 0 saturated heterocycles. The van der Waals surface area contributed by atoms with E-state index in [9.17, 15) is 4.79 Å². The van der Waals surface area contributed by atoms with Gasteiger partial charge < -0.3 is 0 Å². The van der Waals surface area contributed by atoms with Crippen LogP contribution in [0.3, 0.4) is 0 Å². The fraction of sp³-hybridized carbons (Fsp3) is 0. The van der Waals surface area contributed by atoms with E-state index < -0.39 is 0 Å². The summed E-state index contributed by atoms with van der Waals surface area (Å²) in [6.07, 6.45) is 9.31. The SMILES string of the molecule is O=C(C=Cc1cc[n+](O)cc1)c1cccnc1. The van der Waals surface area contributed by atoms with Gasteiger partial charge in [0.2, 0.25) is 12.4 Å². The first-order valence-electron chi connectivity index (χ1n) is 5.09. The van der Waals surface area contributed by atoms with Gasteiger partial charge in [0.25, 0.3) is 0 Å². The highest BCUT2D eigenvalue weighted by Crippen LogP contribution is 2.03. The van der Waals surface area contributed by atoms with Gasteiger partial charge in [-0.15, -0.1) is 0 Å². The van der Waals surface area contributed by atoms with Crippen LogP contribution in [-0.2, 0) is 0 Å². The highest BCUT2D eigenvalue weighted by atomic mass is 16.5. The van der Waals surface area contributed by atoms with Crippen LogP contribution in [0.1, 0.15) is 15.9 Å². The van der Waals surface area contributed by atoms with Crippen molar-refractivity contribution in [1.82, 2.24) is 4.98 Å². The largest absolute Gasteiger partial charge is 0.289 e. The van der Waals surface area contributed by atoms with Crippen molar-refractivity contribution in [2.75, 3.05) is 0 Å². The molecule has 4 nitrogen and oxygen atoms in total. The van der Waals surface area contributed by atoms with Gasteiger partial charge in [-0.25, -0.2) is 0 Å². The molecule has 0 aromatic carbocycles. The maximum absolute atomic E-state index is 11.7. The molecule has 2 heterocycles. The van der Waals surface area contributed by atoms with Crippen molar-refractivity contribution in [2.24, 2.45) is 0 Å². The summed E-state index contributed by atoms with van der Waals surface area (Å²) in [5.41, 5.74) is 1.39. The minimum Gasteiger partial charge on any atom is -0.289 e. The monoisotopic (exact) mass is 227 g/mol. The molecular weight excluding hydrogens is 216 g/mol. The number of pyridine rings is 2. The van der Waals surface area contributed by atoms with E-state index in [0.717, 1.165) is 10.3 Å². The summed E-state index contributed by atoms with van der Waals surface area (Å²) in [6.45, 7) is 0. The molecule has 0 aliphatic carbocycles. The normalized spacial score (nSPS) is 10.6. The highest BCUT2D eigenvalue weighted by molar-refractivity contribution is 6.06. The number of aromatic nitrogens is 2. The molecule has 0 radical (unpaired) electrons. The number of hydrogen-bond acceptors (Lipinski definition) is 3. The van der Waals surface area contributed by atoms with E-state index in [-0.39, 0.29) is 5.78 Å². The molecule has 84 valence electrons. The third-order valence-corrected chi connectivity index (χ3v) is 2.21. The summed E-state index contributed by atoms with van der Waals surface area (Å²) in [6, 6.07) is 6.84. The smallest absolute Gasteiger partial charge is 0.222 e. The zero-order valence-electron chi connectivity index (χ0n) is 9.02. The van der Waals surface area contributed by atoms with Gasteiger partial charge in [0.15, 0.2) is 5.78 Å². The Morgan fingerprint density at radius 3 is 2.71 bits per heavy atom. The molecule has 0 atom stereocenters. The Morgan fingerprint density at radius 1 is 1.29 bits per heavy atom. The summed E-state index contributed by atoms with van der Waals surface area (Å²) in [7, 11) is 0. The first-order valence-corrected chi connectivity index (χ1v) is 5.09. The standard InChI is InChI=1S/C13H11N2O2/c16-13(12-2-1-7-14-10-12)4-3-11-5-8-15(17)9-6-11/h1-10,17H/q+1. The van der Waals surface area contributed by atoms with Crippen molar-refractivity contribution in [1.29, 1.82) is 0 Å². The Bertz CT molecular complexity index is 533. The molecule has 0 unspecified atom stereocenters. The average molecular weight is 227 g/mol. The fourth-order valence-corrected chi connectivity index (χ4v) is 1.32. The molecule has 0 bridgehead atoms. The van der Waals surface area contributed by atoms with Gasteiger partial charge >= 0.3 is 0 Å². The Balaban J connectivity index is 2.11. The van der Waals surface area contributed by atoms with Gasteiger partial charge in [0.1, 0.15) is 0 Å². The van der Waals surface area contributed by atoms with Gasteiger partial charge in [0.05, 0.1) is 0 Å². The summed E-state index contributed by atoms with van der Waals surface area (Å²) >= 11 is 0. The fourth-order valence-electron chi connectivity index (χ4n) is 1.32. The molecule has 0 spiro atoms. The number of carbonyl (C=O) groups excluding carboxylic acids is 1. The van der Waals surface area contributed by atoms with Crippen molar-refractivity contribution < 1.29 is 14.7 Å². The van der Waals surface area contributed by atoms with Crippen LogP contribution in [-0.4, -0.2) is 16.0 Å². The molecule has 0 aliphatic rings. The molecule has 0 saturated carbocycles. The minimum atomic E-state index is -0.0983. The zero-order chi connectivity index (χ0) is 12.1. The lowest BCUT2D eigenvalue weighted by molar-refractivity contribution is -0.904. The van der Waals surface area contributed by atoms with E-state index >= 15 is 0 Å². The van der Waals surface area contributed by atoms with Gasteiger partial charge in [0, 0.05) is 34.8 Å². The summed E-state index contributed by atoms with van der Waals surface area (Å²) in [5.74, 6) is -0.0983. The number of hydrogen-bond donors (Lipinski definition) is 1. The lowest BCUT2D eigenvalue weighted by atomic mass is 10.1. The zero-order valence-corrected chi connectivity index (χ0v) is 9.02. The molecule has 2 aromatic rings. The second-order valence-electron chi connectivity index (χ2n) is 3.45. The topological polar surface area (TPSA) is 54.1 Å². The molecule has 0 aliphatic heterocycles. The maximum Gasteiger partial charge on any atom is 0.222 e. The van der Waals surface area contributed by atoms with Crippen LogP contribution < -0.4 is 4.73 Å². The third-order valence-electron chi connectivity index (χ3n) is 2.21. The van der Waals surface area contributed by atoms with E-state index in [4.69, 9.17) is 5.21 Å². The third kappa shape index (κ3) is 2.98. The Hall–Kier alpha value is -2.49. The Kier molecular flexibility index (Phi) is 3.25. The van der Waals surface area contributed by atoms with E-state index in [1.165, 1.54) is 24.7 Å². The number of carbonyl (C=O) groups is 1. The quantitative estimate of drug-likeness (QED) is 0.374. The number of allylic oxidation sites excluding steroid dienone is 1. The maximum atomic E-state index is 11.7. The number of nitrogens with zero attached hydrogens (tertiary/aromatic N) is 2. The second-order valence-corrected chi connectivity index (χ2v) is 3.45. The van der Waals surface area contributed by atoms with Crippen LogP contribution in [0, 0.1) is 0 Å². The van der Waals surface area contributed by atoms with Crippen LogP contribution in [0.15, 0.2) is 55.1 Å². The van der Waals surface area contributed by atoms with Crippen molar-refractivity contribution in [3.05, 3.63) is 66.3 Å². The number of rotatable bonds is 3. The van der Waals surface area contributed by atoms with Crippen molar-refractivity contribution >= 4 is 11.9 Å². The second kappa shape index (κ2) is 5.03. The van der Waals surface area contributed by atoms with E-state index in [1.54, 1.807) is 36.5 Å². The lowest BCUT2D eigenvalue weighted by Gasteiger charge is -1.93. The van der Waals surface area contributed by atoms with Crippen LogP contribution in [0.2, 0.25) is 0 Å². The van der Waals surface area contributed by atoms with Crippen molar-refractivity contribution in [2.45, 2.75) is 0 Å². The van der Waals surface area contributed by atoms with E-state index in [1.807, 2.05) is 0 Å². The van der Waals surface area contributed by atoms with Gasteiger partial charge in [-0.2, -0.15) is 0 Å². The van der Waals surface area contributed by atoms with E-state index in [0.29, 0.717) is 5.56 Å². The predicted molar refractivity (Wildman–Crippen MR) is 61.4 cm³/mol.